The predicted molar refractivity (Wildman–Crippen MR) is 149 cm³/mol. The van der Waals surface area contributed by atoms with Gasteiger partial charge in [0, 0.05) is 44.5 Å². The maximum absolute atomic E-state index is 12.3. The molecule has 1 N–H and O–H groups in total. The molecule has 3 aromatic heterocycles. The molecule has 0 atom stereocenters. The lowest BCUT2D eigenvalue weighted by Crippen LogP contribution is -2.46. The highest BCUT2D eigenvalue weighted by Crippen LogP contribution is 2.24. The van der Waals surface area contributed by atoms with Gasteiger partial charge >= 0.3 is 0 Å². The highest BCUT2D eigenvalue weighted by Gasteiger charge is 2.19. The van der Waals surface area contributed by atoms with Crippen molar-refractivity contribution in [3.8, 4) is 0 Å². The van der Waals surface area contributed by atoms with E-state index in [4.69, 9.17) is 13.8 Å². The van der Waals surface area contributed by atoms with Crippen molar-refractivity contribution in [2.24, 2.45) is 0 Å². The van der Waals surface area contributed by atoms with Crippen molar-refractivity contribution in [3.63, 3.8) is 0 Å². The Bertz CT molecular complexity index is 1350. The SMILES string of the molecule is Cc1cc(N2CCN(C/C=C/c3ccccc3)CC2)nc(SCc2ccc(C(=O)NCc3ccco3)o2)n1. The molecule has 196 valence electrons. The van der Waals surface area contributed by atoms with E-state index in [-0.39, 0.29) is 11.7 Å². The van der Waals surface area contributed by atoms with Gasteiger partial charge < -0.3 is 19.1 Å². The number of benzene rings is 1. The molecule has 0 bridgehead atoms. The Hall–Kier alpha value is -3.82. The van der Waals surface area contributed by atoms with Gasteiger partial charge in [0.1, 0.15) is 17.3 Å². The van der Waals surface area contributed by atoms with Crippen molar-refractivity contribution in [2.75, 3.05) is 37.6 Å². The number of anilines is 1. The molecule has 1 saturated heterocycles. The average molecular weight is 530 g/mol. The molecule has 4 aromatic rings. The van der Waals surface area contributed by atoms with Gasteiger partial charge in [-0.05, 0) is 36.8 Å². The average Bonchev–Trinajstić information content (AvgIpc) is 3.64. The lowest BCUT2D eigenvalue weighted by atomic mass is 10.2. The molecular weight excluding hydrogens is 498 g/mol. The van der Waals surface area contributed by atoms with Crippen LogP contribution in [-0.4, -0.2) is 53.5 Å². The summed E-state index contributed by atoms with van der Waals surface area (Å²) in [6.45, 7) is 7.08. The Labute approximate surface area is 226 Å². The Morgan fingerprint density at radius 1 is 1.03 bits per heavy atom. The van der Waals surface area contributed by atoms with Crippen molar-refractivity contribution in [1.29, 1.82) is 0 Å². The van der Waals surface area contributed by atoms with Crippen LogP contribution in [0.3, 0.4) is 0 Å². The second-order valence-electron chi connectivity index (χ2n) is 9.07. The van der Waals surface area contributed by atoms with Gasteiger partial charge in [-0.15, -0.1) is 0 Å². The number of amides is 1. The highest BCUT2D eigenvalue weighted by atomic mass is 32.2. The second kappa shape index (κ2) is 12.6. The number of rotatable bonds is 10. The standard InChI is InChI=1S/C29H31N5O3S/c1-22-19-27(34-16-14-33(15-17-34)13-5-9-23-7-3-2-4-8-23)32-29(31-22)38-21-25-11-12-26(37-25)28(35)30-20-24-10-6-18-36-24/h2-12,18-19H,13-17,20-21H2,1H3,(H,30,35)/b9-5+. The van der Waals surface area contributed by atoms with E-state index < -0.39 is 0 Å². The second-order valence-corrected chi connectivity index (χ2v) is 10.0. The number of hydrogen-bond acceptors (Lipinski definition) is 8. The summed E-state index contributed by atoms with van der Waals surface area (Å²) >= 11 is 1.50. The van der Waals surface area contributed by atoms with Crippen LogP contribution in [0.4, 0.5) is 5.82 Å². The number of hydrogen-bond donors (Lipinski definition) is 1. The molecule has 0 spiro atoms. The number of furan rings is 2. The Balaban J connectivity index is 1.11. The van der Waals surface area contributed by atoms with Gasteiger partial charge in [0.25, 0.3) is 5.91 Å². The first-order valence-electron chi connectivity index (χ1n) is 12.7. The van der Waals surface area contributed by atoms with Crippen molar-refractivity contribution in [3.05, 3.63) is 102 Å². The Kier molecular flexibility index (Phi) is 8.57. The van der Waals surface area contributed by atoms with E-state index >= 15 is 0 Å². The topological polar surface area (TPSA) is 87.6 Å². The van der Waals surface area contributed by atoms with Crippen molar-refractivity contribution in [2.45, 2.75) is 24.4 Å². The maximum Gasteiger partial charge on any atom is 0.287 e. The first-order chi connectivity index (χ1) is 18.6. The first-order valence-corrected chi connectivity index (χ1v) is 13.7. The molecule has 1 aliphatic heterocycles. The van der Waals surface area contributed by atoms with Crippen LogP contribution in [0, 0.1) is 6.92 Å². The van der Waals surface area contributed by atoms with Crippen LogP contribution in [0.15, 0.2) is 87.0 Å². The van der Waals surface area contributed by atoms with Crippen LogP contribution in [0.2, 0.25) is 0 Å². The largest absolute Gasteiger partial charge is 0.467 e. The summed E-state index contributed by atoms with van der Waals surface area (Å²) in [4.78, 5) is 26.5. The van der Waals surface area contributed by atoms with Crippen LogP contribution in [0.5, 0.6) is 0 Å². The zero-order chi connectivity index (χ0) is 26.2. The Morgan fingerprint density at radius 2 is 1.87 bits per heavy atom. The van der Waals surface area contributed by atoms with E-state index in [0.29, 0.717) is 29.0 Å². The lowest BCUT2D eigenvalue weighted by molar-refractivity contribution is 0.0919. The van der Waals surface area contributed by atoms with E-state index in [1.807, 2.05) is 31.2 Å². The Morgan fingerprint density at radius 3 is 2.66 bits per heavy atom. The first kappa shape index (κ1) is 25.8. The van der Waals surface area contributed by atoms with E-state index in [9.17, 15) is 4.79 Å². The van der Waals surface area contributed by atoms with Crippen molar-refractivity contribution in [1.82, 2.24) is 20.2 Å². The molecule has 5 rings (SSSR count). The van der Waals surface area contributed by atoms with Gasteiger partial charge in [-0.3, -0.25) is 9.69 Å². The minimum atomic E-state index is -0.276. The van der Waals surface area contributed by atoms with E-state index in [1.54, 1.807) is 18.4 Å². The zero-order valence-corrected chi connectivity index (χ0v) is 22.2. The monoisotopic (exact) mass is 529 g/mol. The third-order valence-corrected chi connectivity index (χ3v) is 7.09. The number of carbonyl (C=O) groups is 1. The molecule has 0 unspecified atom stereocenters. The fourth-order valence-corrected chi connectivity index (χ4v) is 4.99. The number of aryl methyl sites for hydroxylation is 1. The third-order valence-electron chi connectivity index (χ3n) is 6.22. The number of thioether (sulfide) groups is 1. The fraction of sp³-hybridized carbons (Fsp3) is 0.276. The van der Waals surface area contributed by atoms with Gasteiger partial charge in [0.05, 0.1) is 18.6 Å². The number of piperazine rings is 1. The van der Waals surface area contributed by atoms with E-state index in [0.717, 1.165) is 44.2 Å². The maximum atomic E-state index is 12.3. The molecule has 8 nitrogen and oxygen atoms in total. The van der Waals surface area contributed by atoms with E-state index in [2.05, 4.69) is 56.5 Å². The van der Waals surface area contributed by atoms with Crippen LogP contribution in [0.1, 0.15) is 33.3 Å². The summed E-state index contributed by atoms with van der Waals surface area (Å²) < 4.78 is 11.0. The summed E-state index contributed by atoms with van der Waals surface area (Å²) in [5, 5.41) is 3.49. The smallest absolute Gasteiger partial charge is 0.287 e. The molecule has 0 aliphatic carbocycles. The quantitative estimate of drug-likeness (QED) is 0.226. The summed E-state index contributed by atoms with van der Waals surface area (Å²) in [6.07, 6.45) is 5.99. The van der Waals surface area contributed by atoms with Gasteiger partial charge in [-0.2, -0.15) is 0 Å². The van der Waals surface area contributed by atoms with Crippen LogP contribution >= 0.6 is 11.8 Å². The normalized spacial score (nSPS) is 14.3. The number of aromatic nitrogens is 2. The van der Waals surface area contributed by atoms with Crippen LogP contribution in [0.25, 0.3) is 6.08 Å². The summed E-state index contributed by atoms with van der Waals surface area (Å²) in [7, 11) is 0. The summed E-state index contributed by atoms with van der Waals surface area (Å²) in [5.74, 6) is 2.87. The fourth-order valence-electron chi connectivity index (χ4n) is 4.19. The third kappa shape index (κ3) is 7.14. The van der Waals surface area contributed by atoms with Crippen LogP contribution < -0.4 is 10.2 Å². The molecule has 1 aliphatic rings. The minimum Gasteiger partial charge on any atom is -0.467 e. The number of carbonyl (C=O) groups excluding carboxylic acids is 1. The van der Waals surface area contributed by atoms with Crippen molar-refractivity contribution >= 4 is 29.6 Å². The molecular formula is C29H31N5O3S. The molecule has 0 saturated carbocycles. The summed E-state index contributed by atoms with van der Waals surface area (Å²) in [5.41, 5.74) is 2.16. The van der Waals surface area contributed by atoms with Gasteiger partial charge in [0.2, 0.25) is 0 Å². The van der Waals surface area contributed by atoms with Gasteiger partial charge in [0.15, 0.2) is 10.9 Å². The summed E-state index contributed by atoms with van der Waals surface area (Å²) in [6, 6.07) is 19.5. The minimum absolute atomic E-state index is 0.273. The molecule has 4 heterocycles. The number of nitrogens with one attached hydrogen (secondary N) is 1. The highest BCUT2D eigenvalue weighted by molar-refractivity contribution is 7.98. The molecule has 38 heavy (non-hydrogen) atoms. The number of nitrogens with zero attached hydrogens (tertiary/aromatic N) is 4. The molecule has 1 amide bonds. The van der Waals surface area contributed by atoms with Gasteiger partial charge in [-0.25, -0.2) is 9.97 Å². The molecule has 1 aromatic carbocycles. The predicted octanol–water partition coefficient (Wildman–Crippen LogP) is 5.03. The molecule has 1 fully saturated rings. The zero-order valence-electron chi connectivity index (χ0n) is 21.4. The van der Waals surface area contributed by atoms with Gasteiger partial charge in [-0.1, -0.05) is 54.2 Å². The molecule has 9 heteroatoms. The van der Waals surface area contributed by atoms with Crippen molar-refractivity contribution < 1.29 is 13.6 Å². The van der Waals surface area contributed by atoms with Crippen LogP contribution in [-0.2, 0) is 12.3 Å². The van der Waals surface area contributed by atoms with E-state index in [1.165, 1.54) is 17.3 Å². The lowest BCUT2D eigenvalue weighted by Gasteiger charge is -2.35. The molecule has 0 radical (unpaired) electrons.